The summed E-state index contributed by atoms with van der Waals surface area (Å²) in [6.45, 7) is 16.1. The zero-order valence-corrected chi connectivity index (χ0v) is 16.3. The van der Waals surface area contributed by atoms with E-state index in [9.17, 15) is 0 Å². The molecule has 2 nitrogen and oxygen atoms in total. The predicted molar refractivity (Wildman–Crippen MR) is 97.3 cm³/mol. The minimum Gasteiger partial charge on any atom is -0.381 e. The quantitative estimate of drug-likeness (QED) is 0.692. The zero-order chi connectivity index (χ0) is 16.8. The molecule has 2 fully saturated rings. The summed E-state index contributed by atoms with van der Waals surface area (Å²) in [5.74, 6) is 2.80. The second-order valence-electron chi connectivity index (χ2n) is 8.13. The molecule has 0 amide bonds. The SMILES string of the molecule is CC.COC1CCN(CC2CCC(C(C)C)CC2)C(C)(C)C1. The molecule has 1 atom stereocenters. The van der Waals surface area contributed by atoms with Crippen molar-refractivity contribution >= 4 is 0 Å². The normalized spacial score (nSPS) is 32.5. The number of nitrogens with zero attached hydrogens (tertiary/aromatic N) is 1. The molecule has 2 heteroatoms. The van der Waals surface area contributed by atoms with Gasteiger partial charge in [0.05, 0.1) is 6.10 Å². The van der Waals surface area contributed by atoms with Crippen molar-refractivity contribution in [2.75, 3.05) is 20.2 Å². The van der Waals surface area contributed by atoms with Crippen LogP contribution in [0.15, 0.2) is 0 Å². The number of likely N-dealkylation sites (tertiary alicyclic amines) is 1. The van der Waals surface area contributed by atoms with Crippen molar-refractivity contribution in [3.63, 3.8) is 0 Å². The number of methoxy groups -OCH3 is 1. The van der Waals surface area contributed by atoms with E-state index in [-0.39, 0.29) is 0 Å². The van der Waals surface area contributed by atoms with Gasteiger partial charge < -0.3 is 4.74 Å². The fourth-order valence-electron chi connectivity index (χ4n) is 4.28. The van der Waals surface area contributed by atoms with Crippen molar-refractivity contribution in [1.29, 1.82) is 0 Å². The van der Waals surface area contributed by atoms with Crippen molar-refractivity contribution < 1.29 is 4.74 Å². The Morgan fingerprint density at radius 1 is 1.05 bits per heavy atom. The van der Waals surface area contributed by atoms with Crippen LogP contribution in [0.2, 0.25) is 0 Å². The minimum atomic E-state index is 0.313. The van der Waals surface area contributed by atoms with Gasteiger partial charge in [-0.1, -0.05) is 27.7 Å². The largest absolute Gasteiger partial charge is 0.381 e. The van der Waals surface area contributed by atoms with E-state index in [2.05, 4.69) is 32.6 Å². The van der Waals surface area contributed by atoms with Crippen LogP contribution in [0.1, 0.15) is 80.1 Å². The molecule has 2 aliphatic rings. The molecule has 132 valence electrons. The fraction of sp³-hybridized carbons (Fsp3) is 1.00. The molecule has 1 aliphatic heterocycles. The lowest BCUT2D eigenvalue weighted by Gasteiger charge is -2.47. The Balaban J connectivity index is 0.00000116. The van der Waals surface area contributed by atoms with Crippen LogP contribution in [-0.4, -0.2) is 36.7 Å². The van der Waals surface area contributed by atoms with Crippen LogP contribution >= 0.6 is 0 Å². The summed E-state index contributed by atoms with van der Waals surface area (Å²) in [5, 5.41) is 0. The van der Waals surface area contributed by atoms with E-state index in [1.165, 1.54) is 51.6 Å². The first-order valence-electron chi connectivity index (χ1n) is 9.70. The molecular weight excluding hydrogens is 270 g/mol. The summed E-state index contributed by atoms with van der Waals surface area (Å²) in [6.07, 6.45) is 8.67. The Morgan fingerprint density at radius 3 is 2.09 bits per heavy atom. The van der Waals surface area contributed by atoms with E-state index in [4.69, 9.17) is 4.74 Å². The van der Waals surface area contributed by atoms with Gasteiger partial charge in [-0.15, -0.1) is 0 Å². The second-order valence-corrected chi connectivity index (χ2v) is 8.13. The third kappa shape index (κ3) is 5.53. The number of ether oxygens (including phenoxy) is 1. The average Bonchev–Trinajstić information content (AvgIpc) is 2.51. The molecule has 0 radical (unpaired) electrons. The first kappa shape index (κ1) is 20.0. The Hall–Kier alpha value is -0.0800. The van der Waals surface area contributed by atoms with Crippen LogP contribution in [0.25, 0.3) is 0 Å². The van der Waals surface area contributed by atoms with E-state index in [0.717, 1.165) is 17.8 Å². The number of hydrogen-bond acceptors (Lipinski definition) is 2. The van der Waals surface area contributed by atoms with Crippen molar-refractivity contribution in [3.8, 4) is 0 Å². The fourth-order valence-corrected chi connectivity index (χ4v) is 4.28. The van der Waals surface area contributed by atoms with Crippen LogP contribution in [0.3, 0.4) is 0 Å². The standard InChI is InChI=1S/C18H35NO.C2H6/c1-14(2)16-8-6-15(7-9-16)13-19-11-10-17(20-5)12-18(19,3)4;1-2/h14-17H,6-13H2,1-5H3;1-2H3. The Bertz CT molecular complexity index is 292. The van der Waals surface area contributed by atoms with Crippen molar-refractivity contribution in [2.45, 2.75) is 91.7 Å². The van der Waals surface area contributed by atoms with Crippen molar-refractivity contribution in [3.05, 3.63) is 0 Å². The maximum Gasteiger partial charge on any atom is 0.0601 e. The van der Waals surface area contributed by atoms with Crippen LogP contribution in [0.5, 0.6) is 0 Å². The highest BCUT2D eigenvalue weighted by Gasteiger charge is 2.36. The lowest BCUT2D eigenvalue weighted by Crippen LogP contribution is -2.53. The van der Waals surface area contributed by atoms with Crippen molar-refractivity contribution in [2.24, 2.45) is 17.8 Å². The monoisotopic (exact) mass is 311 g/mol. The summed E-state index contributed by atoms with van der Waals surface area (Å²) >= 11 is 0. The van der Waals surface area contributed by atoms with Crippen LogP contribution in [0, 0.1) is 17.8 Å². The minimum absolute atomic E-state index is 0.313. The van der Waals surface area contributed by atoms with Crippen molar-refractivity contribution in [1.82, 2.24) is 4.90 Å². The van der Waals surface area contributed by atoms with Gasteiger partial charge in [0, 0.05) is 25.7 Å². The molecule has 1 aliphatic carbocycles. The van der Waals surface area contributed by atoms with Gasteiger partial charge in [-0.05, 0) is 70.1 Å². The number of rotatable bonds is 4. The molecule has 2 rings (SSSR count). The molecule has 1 saturated carbocycles. The van der Waals surface area contributed by atoms with Crippen LogP contribution in [0.4, 0.5) is 0 Å². The molecule has 0 spiro atoms. The van der Waals surface area contributed by atoms with E-state index in [0.29, 0.717) is 11.6 Å². The third-order valence-electron chi connectivity index (χ3n) is 5.95. The summed E-state index contributed by atoms with van der Waals surface area (Å²) < 4.78 is 5.58. The van der Waals surface area contributed by atoms with Gasteiger partial charge in [-0.25, -0.2) is 0 Å². The lowest BCUT2D eigenvalue weighted by molar-refractivity contribution is -0.0334. The highest BCUT2D eigenvalue weighted by molar-refractivity contribution is 4.91. The smallest absolute Gasteiger partial charge is 0.0601 e. The van der Waals surface area contributed by atoms with Crippen LogP contribution in [-0.2, 0) is 4.74 Å². The van der Waals surface area contributed by atoms with Gasteiger partial charge in [0.25, 0.3) is 0 Å². The molecule has 22 heavy (non-hydrogen) atoms. The van der Waals surface area contributed by atoms with E-state index < -0.39 is 0 Å². The highest BCUT2D eigenvalue weighted by atomic mass is 16.5. The zero-order valence-electron chi connectivity index (χ0n) is 16.3. The maximum atomic E-state index is 5.58. The molecule has 1 heterocycles. The molecular formula is C20H41NO. The lowest BCUT2D eigenvalue weighted by atomic mass is 9.76. The summed E-state index contributed by atoms with van der Waals surface area (Å²) in [7, 11) is 1.86. The molecule has 0 N–H and O–H groups in total. The Kier molecular flexibility index (Phi) is 8.42. The topological polar surface area (TPSA) is 12.5 Å². The molecule has 0 aromatic heterocycles. The first-order chi connectivity index (χ1) is 10.4. The molecule has 1 saturated heterocycles. The summed E-state index contributed by atoms with van der Waals surface area (Å²) in [4.78, 5) is 2.74. The summed E-state index contributed by atoms with van der Waals surface area (Å²) in [6, 6.07) is 0. The van der Waals surface area contributed by atoms with Crippen LogP contribution < -0.4 is 0 Å². The predicted octanol–water partition coefficient (Wildman–Crippen LogP) is 5.36. The van der Waals surface area contributed by atoms with Gasteiger partial charge in [-0.3, -0.25) is 4.90 Å². The highest BCUT2D eigenvalue weighted by Crippen LogP contribution is 2.36. The Labute approximate surface area is 140 Å². The van der Waals surface area contributed by atoms with E-state index in [1.807, 2.05) is 21.0 Å². The number of hydrogen-bond donors (Lipinski definition) is 0. The first-order valence-corrected chi connectivity index (χ1v) is 9.70. The van der Waals surface area contributed by atoms with E-state index >= 15 is 0 Å². The summed E-state index contributed by atoms with van der Waals surface area (Å²) in [5.41, 5.74) is 0.313. The Morgan fingerprint density at radius 2 is 1.64 bits per heavy atom. The van der Waals surface area contributed by atoms with Gasteiger partial charge in [0.1, 0.15) is 0 Å². The maximum absolute atomic E-state index is 5.58. The molecule has 0 aromatic rings. The second kappa shape index (κ2) is 9.27. The van der Waals surface area contributed by atoms with Gasteiger partial charge in [-0.2, -0.15) is 0 Å². The van der Waals surface area contributed by atoms with Gasteiger partial charge in [0.2, 0.25) is 0 Å². The molecule has 0 aromatic carbocycles. The van der Waals surface area contributed by atoms with Gasteiger partial charge >= 0.3 is 0 Å². The average molecular weight is 312 g/mol. The molecule has 0 bridgehead atoms. The van der Waals surface area contributed by atoms with Gasteiger partial charge in [0.15, 0.2) is 0 Å². The molecule has 1 unspecified atom stereocenters. The third-order valence-corrected chi connectivity index (χ3v) is 5.95. The number of piperidine rings is 1. The van der Waals surface area contributed by atoms with E-state index in [1.54, 1.807) is 0 Å².